The molecule has 0 heterocycles. The van der Waals surface area contributed by atoms with Crippen molar-refractivity contribution in [3.63, 3.8) is 0 Å². The molecule has 0 spiro atoms. The summed E-state index contributed by atoms with van der Waals surface area (Å²) in [5.41, 5.74) is 0. The summed E-state index contributed by atoms with van der Waals surface area (Å²) in [6, 6.07) is 0.143. The normalized spacial score (nSPS) is 11.2. The van der Waals surface area contributed by atoms with Crippen LogP contribution < -0.4 is 10.1 Å². The first kappa shape index (κ1) is 17.7. The van der Waals surface area contributed by atoms with E-state index in [0.717, 1.165) is 6.42 Å². The minimum Gasteiger partial charge on any atom is -0.486 e. The van der Waals surface area contributed by atoms with Crippen molar-refractivity contribution in [3.8, 4) is 5.75 Å². The summed E-state index contributed by atoms with van der Waals surface area (Å²) in [6.45, 7) is 5.29. The molecule has 21 heavy (non-hydrogen) atoms. The van der Waals surface area contributed by atoms with Crippen LogP contribution in [0, 0.1) is 23.3 Å². The van der Waals surface area contributed by atoms with E-state index in [2.05, 4.69) is 5.32 Å². The zero-order valence-electron chi connectivity index (χ0n) is 12.0. The Morgan fingerprint density at radius 1 is 1.00 bits per heavy atom. The van der Waals surface area contributed by atoms with Crippen molar-refractivity contribution in [1.29, 1.82) is 0 Å². The highest BCUT2D eigenvalue weighted by Gasteiger charge is 2.20. The fraction of sp³-hybridized carbons (Fsp3) is 0.571. The molecule has 1 rings (SSSR count). The molecule has 0 fully saturated rings. The van der Waals surface area contributed by atoms with E-state index in [1.807, 2.05) is 13.8 Å². The summed E-state index contributed by atoms with van der Waals surface area (Å²) in [4.78, 5) is 0. The standard InChI is InChI=1S/C14H19F4NO2/c1-9(2)20-6-3-4-19-5-7-21-14-12(17)10(15)8-11(16)13(14)18/h8-9,19H,3-7H2,1-2H3. The number of rotatable bonds is 9. The Bertz CT molecular complexity index is 429. The summed E-state index contributed by atoms with van der Waals surface area (Å²) in [7, 11) is 0. The van der Waals surface area contributed by atoms with Crippen LogP contribution in [-0.2, 0) is 4.74 Å². The number of hydrogen-bond donors (Lipinski definition) is 1. The highest BCUT2D eigenvalue weighted by molar-refractivity contribution is 5.28. The Labute approximate surface area is 121 Å². The molecule has 0 aliphatic rings. The molecular formula is C14H19F4NO2. The molecule has 1 aromatic rings. The van der Waals surface area contributed by atoms with Crippen LogP contribution in [0.3, 0.4) is 0 Å². The van der Waals surface area contributed by atoms with Gasteiger partial charge in [-0.25, -0.2) is 8.78 Å². The van der Waals surface area contributed by atoms with Gasteiger partial charge in [-0.15, -0.1) is 0 Å². The van der Waals surface area contributed by atoms with Crippen LogP contribution in [0.15, 0.2) is 6.07 Å². The molecule has 0 aliphatic heterocycles. The fourth-order valence-corrected chi connectivity index (χ4v) is 1.54. The summed E-state index contributed by atoms with van der Waals surface area (Å²) in [6.07, 6.45) is 0.942. The molecule has 0 amide bonds. The van der Waals surface area contributed by atoms with Gasteiger partial charge >= 0.3 is 0 Å². The van der Waals surface area contributed by atoms with E-state index in [9.17, 15) is 17.6 Å². The summed E-state index contributed by atoms with van der Waals surface area (Å²) in [5, 5.41) is 2.96. The second kappa shape index (κ2) is 8.84. The Morgan fingerprint density at radius 3 is 2.19 bits per heavy atom. The highest BCUT2D eigenvalue weighted by atomic mass is 19.2. The summed E-state index contributed by atoms with van der Waals surface area (Å²) < 4.78 is 62.4. The molecule has 0 aromatic heterocycles. The Kier molecular flexibility index (Phi) is 7.45. The molecule has 0 aliphatic carbocycles. The molecule has 0 saturated carbocycles. The van der Waals surface area contributed by atoms with Crippen LogP contribution >= 0.6 is 0 Å². The van der Waals surface area contributed by atoms with Crippen LogP contribution in [0.4, 0.5) is 17.6 Å². The van der Waals surface area contributed by atoms with Gasteiger partial charge in [-0.05, 0) is 26.8 Å². The minimum atomic E-state index is -1.53. The topological polar surface area (TPSA) is 30.5 Å². The molecular weight excluding hydrogens is 290 g/mol. The summed E-state index contributed by atoms with van der Waals surface area (Å²) >= 11 is 0. The maximum atomic E-state index is 13.3. The molecule has 0 radical (unpaired) electrons. The zero-order valence-corrected chi connectivity index (χ0v) is 12.0. The average molecular weight is 309 g/mol. The van der Waals surface area contributed by atoms with Crippen molar-refractivity contribution in [2.75, 3.05) is 26.3 Å². The van der Waals surface area contributed by atoms with Gasteiger partial charge in [-0.1, -0.05) is 0 Å². The maximum absolute atomic E-state index is 13.3. The SMILES string of the molecule is CC(C)OCCCNCCOc1c(F)c(F)cc(F)c1F. The Balaban J connectivity index is 2.27. The Morgan fingerprint density at radius 2 is 1.62 bits per heavy atom. The van der Waals surface area contributed by atoms with Crippen LogP contribution in [0.25, 0.3) is 0 Å². The van der Waals surface area contributed by atoms with Crippen LogP contribution in [0.1, 0.15) is 20.3 Å². The van der Waals surface area contributed by atoms with Gasteiger partial charge < -0.3 is 14.8 Å². The van der Waals surface area contributed by atoms with E-state index >= 15 is 0 Å². The van der Waals surface area contributed by atoms with Gasteiger partial charge in [0.15, 0.2) is 17.4 Å². The van der Waals surface area contributed by atoms with Crippen molar-refractivity contribution in [2.45, 2.75) is 26.4 Å². The van der Waals surface area contributed by atoms with E-state index in [0.29, 0.717) is 19.7 Å². The fourth-order valence-electron chi connectivity index (χ4n) is 1.54. The number of hydrogen-bond acceptors (Lipinski definition) is 3. The lowest BCUT2D eigenvalue weighted by atomic mass is 10.3. The van der Waals surface area contributed by atoms with E-state index in [-0.39, 0.29) is 18.8 Å². The maximum Gasteiger partial charge on any atom is 0.203 e. The monoisotopic (exact) mass is 309 g/mol. The highest BCUT2D eigenvalue weighted by Crippen LogP contribution is 2.26. The molecule has 0 bridgehead atoms. The average Bonchev–Trinajstić information content (AvgIpc) is 2.42. The van der Waals surface area contributed by atoms with E-state index in [1.54, 1.807) is 0 Å². The molecule has 120 valence electrons. The quantitative estimate of drug-likeness (QED) is 0.432. The van der Waals surface area contributed by atoms with Crippen molar-refractivity contribution >= 4 is 0 Å². The van der Waals surface area contributed by atoms with Crippen molar-refractivity contribution < 1.29 is 27.0 Å². The number of halogens is 4. The predicted molar refractivity (Wildman–Crippen MR) is 70.3 cm³/mol. The second-order valence-corrected chi connectivity index (χ2v) is 4.67. The molecule has 0 saturated heterocycles. The lowest BCUT2D eigenvalue weighted by Gasteiger charge is -2.10. The van der Waals surface area contributed by atoms with Gasteiger partial charge in [0.1, 0.15) is 6.61 Å². The third-order valence-corrected chi connectivity index (χ3v) is 2.55. The number of nitrogens with one attached hydrogen (secondary N) is 1. The smallest absolute Gasteiger partial charge is 0.203 e. The third kappa shape index (κ3) is 5.89. The number of benzene rings is 1. The molecule has 0 unspecified atom stereocenters. The molecule has 3 nitrogen and oxygen atoms in total. The first-order valence-corrected chi connectivity index (χ1v) is 6.71. The lowest BCUT2D eigenvalue weighted by molar-refractivity contribution is 0.0769. The largest absolute Gasteiger partial charge is 0.486 e. The van der Waals surface area contributed by atoms with Crippen molar-refractivity contribution in [2.24, 2.45) is 0 Å². The first-order chi connectivity index (χ1) is 9.93. The molecule has 1 aromatic carbocycles. The molecule has 0 atom stereocenters. The third-order valence-electron chi connectivity index (χ3n) is 2.55. The second-order valence-electron chi connectivity index (χ2n) is 4.67. The summed E-state index contributed by atoms with van der Waals surface area (Å²) in [5.74, 6) is -7.05. The van der Waals surface area contributed by atoms with E-state index in [4.69, 9.17) is 9.47 Å². The Hall–Kier alpha value is -1.34. The van der Waals surface area contributed by atoms with Crippen molar-refractivity contribution in [1.82, 2.24) is 5.32 Å². The van der Waals surface area contributed by atoms with Crippen LogP contribution in [-0.4, -0.2) is 32.4 Å². The van der Waals surface area contributed by atoms with Gasteiger partial charge in [-0.3, -0.25) is 0 Å². The van der Waals surface area contributed by atoms with Gasteiger partial charge in [0.2, 0.25) is 11.6 Å². The number of ether oxygens (including phenoxy) is 2. The van der Waals surface area contributed by atoms with Gasteiger partial charge in [-0.2, -0.15) is 8.78 Å². The van der Waals surface area contributed by atoms with E-state index in [1.165, 1.54) is 0 Å². The van der Waals surface area contributed by atoms with Gasteiger partial charge in [0.05, 0.1) is 6.10 Å². The first-order valence-electron chi connectivity index (χ1n) is 6.71. The molecule has 7 heteroatoms. The van der Waals surface area contributed by atoms with Crippen molar-refractivity contribution in [3.05, 3.63) is 29.3 Å². The van der Waals surface area contributed by atoms with Gasteiger partial charge in [0, 0.05) is 19.2 Å². The van der Waals surface area contributed by atoms with E-state index < -0.39 is 29.0 Å². The predicted octanol–water partition coefficient (Wildman–Crippen LogP) is 3.03. The van der Waals surface area contributed by atoms with Gasteiger partial charge in [0.25, 0.3) is 0 Å². The van der Waals surface area contributed by atoms with Crippen LogP contribution in [0.5, 0.6) is 5.75 Å². The molecule has 1 N–H and O–H groups in total. The van der Waals surface area contributed by atoms with Crippen LogP contribution in [0.2, 0.25) is 0 Å². The minimum absolute atomic E-state index is 0.109. The lowest BCUT2D eigenvalue weighted by Crippen LogP contribution is -2.24. The zero-order chi connectivity index (χ0) is 15.8.